The standard InChI is InChI=1S/C12H24N2O2/c1-5-12(3,11(15)16)9-14-7-6-13(4)10(2)8-14/h10H,5-9H2,1-4H3,(H,15,16). The van der Waals surface area contributed by atoms with E-state index in [1.807, 2.05) is 13.8 Å². The van der Waals surface area contributed by atoms with E-state index in [0.29, 0.717) is 19.0 Å². The third-order valence-corrected chi connectivity index (χ3v) is 3.91. The van der Waals surface area contributed by atoms with Crippen molar-refractivity contribution >= 4 is 5.97 Å². The summed E-state index contributed by atoms with van der Waals surface area (Å²) in [4.78, 5) is 15.8. The zero-order valence-electron chi connectivity index (χ0n) is 10.9. The van der Waals surface area contributed by atoms with E-state index in [4.69, 9.17) is 0 Å². The second kappa shape index (κ2) is 5.15. The Labute approximate surface area is 98.2 Å². The summed E-state index contributed by atoms with van der Waals surface area (Å²) in [6.45, 7) is 9.63. The van der Waals surface area contributed by atoms with Crippen LogP contribution in [0.4, 0.5) is 0 Å². The van der Waals surface area contributed by atoms with Crippen molar-refractivity contribution < 1.29 is 9.90 Å². The van der Waals surface area contributed by atoms with E-state index in [1.165, 1.54) is 0 Å². The maximum atomic E-state index is 11.2. The first-order valence-corrected chi connectivity index (χ1v) is 6.05. The first-order chi connectivity index (χ1) is 7.39. The van der Waals surface area contributed by atoms with Crippen LogP contribution in [-0.2, 0) is 4.79 Å². The number of likely N-dealkylation sites (N-methyl/N-ethyl adjacent to an activating group) is 1. The third kappa shape index (κ3) is 2.95. The molecule has 2 unspecified atom stereocenters. The van der Waals surface area contributed by atoms with Crippen LogP contribution < -0.4 is 0 Å². The molecular formula is C12H24N2O2. The van der Waals surface area contributed by atoms with E-state index in [-0.39, 0.29) is 0 Å². The van der Waals surface area contributed by atoms with Gasteiger partial charge in [0.15, 0.2) is 0 Å². The van der Waals surface area contributed by atoms with Gasteiger partial charge in [-0.05, 0) is 27.3 Å². The Balaban J connectivity index is 2.57. The summed E-state index contributed by atoms with van der Waals surface area (Å²) in [7, 11) is 2.12. The summed E-state index contributed by atoms with van der Waals surface area (Å²) in [5, 5.41) is 9.24. The molecule has 0 saturated carbocycles. The predicted molar refractivity (Wildman–Crippen MR) is 64.6 cm³/mol. The van der Waals surface area contributed by atoms with Gasteiger partial charge in [-0.3, -0.25) is 9.69 Å². The summed E-state index contributed by atoms with van der Waals surface area (Å²) in [6, 6.07) is 0.517. The number of aliphatic carboxylic acids is 1. The number of hydrogen-bond donors (Lipinski definition) is 1. The van der Waals surface area contributed by atoms with Crippen molar-refractivity contribution in [1.29, 1.82) is 0 Å². The number of hydrogen-bond acceptors (Lipinski definition) is 3. The number of nitrogens with zero attached hydrogens (tertiary/aromatic N) is 2. The Morgan fingerprint density at radius 1 is 1.50 bits per heavy atom. The minimum atomic E-state index is -0.679. The second-order valence-corrected chi connectivity index (χ2v) is 5.28. The third-order valence-electron chi connectivity index (χ3n) is 3.91. The number of carboxylic acid groups (broad SMARTS) is 1. The average molecular weight is 228 g/mol. The highest BCUT2D eigenvalue weighted by molar-refractivity contribution is 5.74. The summed E-state index contributed by atoms with van der Waals surface area (Å²) >= 11 is 0. The van der Waals surface area contributed by atoms with Gasteiger partial charge in [-0.1, -0.05) is 6.92 Å². The molecule has 0 aliphatic carbocycles. The Morgan fingerprint density at radius 3 is 2.56 bits per heavy atom. The van der Waals surface area contributed by atoms with Gasteiger partial charge in [0.2, 0.25) is 0 Å². The van der Waals surface area contributed by atoms with E-state index in [0.717, 1.165) is 19.6 Å². The van der Waals surface area contributed by atoms with Crippen molar-refractivity contribution in [3.05, 3.63) is 0 Å². The molecule has 4 nitrogen and oxygen atoms in total. The molecule has 4 heteroatoms. The lowest BCUT2D eigenvalue weighted by Gasteiger charge is -2.40. The molecule has 1 saturated heterocycles. The van der Waals surface area contributed by atoms with Crippen LogP contribution in [0, 0.1) is 5.41 Å². The maximum absolute atomic E-state index is 11.2. The topological polar surface area (TPSA) is 43.8 Å². The van der Waals surface area contributed by atoms with Gasteiger partial charge in [0.1, 0.15) is 0 Å². The maximum Gasteiger partial charge on any atom is 0.310 e. The molecule has 0 aromatic carbocycles. The highest BCUT2D eigenvalue weighted by Gasteiger charge is 2.34. The van der Waals surface area contributed by atoms with Crippen LogP contribution in [0.25, 0.3) is 0 Å². The van der Waals surface area contributed by atoms with Crippen molar-refractivity contribution in [2.45, 2.75) is 33.2 Å². The summed E-state index contributed by atoms with van der Waals surface area (Å²) in [5.74, 6) is -0.679. The molecule has 0 spiro atoms. The van der Waals surface area contributed by atoms with Gasteiger partial charge in [-0.2, -0.15) is 0 Å². The van der Waals surface area contributed by atoms with E-state index >= 15 is 0 Å². The fourth-order valence-corrected chi connectivity index (χ4v) is 2.09. The first-order valence-electron chi connectivity index (χ1n) is 6.05. The van der Waals surface area contributed by atoms with Crippen LogP contribution >= 0.6 is 0 Å². The normalized spacial score (nSPS) is 27.6. The fraction of sp³-hybridized carbons (Fsp3) is 0.917. The minimum absolute atomic E-state index is 0.517. The lowest BCUT2D eigenvalue weighted by atomic mass is 9.86. The molecule has 1 rings (SSSR count). The molecule has 0 bridgehead atoms. The Bertz CT molecular complexity index is 257. The van der Waals surface area contributed by atoms with E-state index in [1.54, 1.807) is 0 Å². The largest absolute Gasteiger partial charge is 0.481 e. The molecule has 0 aromatic rings. The average Bonchev–Trinajstić information content (AvgIpc) is 2.23. The molecule has 1 N–H and O–H groups in total. The van der Waals surface area contributed by atoms with Gasteiger partial charge >= 0.3 is 5.97 Å². The Morgan fingerprint density at radius 2 is 2.12 bits per heavy atom. The van der Waals surface area contributed by atoms with Gasteiger partial charge in [0.25, 0.3) is 0 Å². The monoisotopic (exact) mass is 228 g/mol. The Hall–Kier alpha value is -0.610. The van der Waals surface area contributed by atoms with Gasteiger partial charge in [0, 0.05) is 32.2 Å². The van der Waals surface area contributed by atoms with E-state index in [9.17, 15) is 9.90 Å². The van der Waals surface area contributed by atoms with Crippen LogP contribution in [0.5, 0.6) is 0 Å². The lowest BCUT2D eigenvalue weighted by Crippen LogP contribution is -2.53. The van der Waals surface area contributed by atoms with Gasteiger partial charge < -0.3 is 10.0 Å². The molecule has 1 aliphatic rings. The number of carboxylic acids is 1. The van der Waals surface area contributed by atoms with Gasteiger partial charge in [-0.15, -0.1) is 0 Å². The molecular weight excluding hydrogens is 204 g/mol. The van der Waals surface area contributed by atoms with Crippen molar-refractivity contribution in [2.24, 2.45) is 5.41 Å². The zero-order chi connectivity index (χ0) is 12.3. The summed E-state index contributed by atoms with van der Waals surface area (Å²) in [5.41, 5.74) is -0.602. The molecule has 1 aliphatic heterocycles. The van der Waals surface area contributed by atoms with Crippen LogP contribution in [0.3, 0.4) is 0 Å². The fourth-order valence-electron chi connectivity index (χ4n) is 2.09. The van der Waals surface area contributed by atoms with Gasteiger partial charge in [0.05, 0.1) is 5.41 Å². The van der Waals surface area contributed by atoms with Crippen molar-refractivity contribution in [1.82, 2.24) is 9.80 Å². The highest BCUT2D eigenvalue weighted by atomic mass is 16.4. The lowest BCUT2D eigenvalue weighted by molar-refractivity contribution is -0.149. The Kier molecular flexibility index (Phi) is 4.33. The molecule has 0 radical (unpaired) electrons. The van der Waals surface area contributed by atoms with Crippen molar-refractivity contribution in [2.75, 3.05) is 33.2 Å². The first kappa shape index (κ1) is 13.5. The molecule has 2 atom stereocenters. The van der Waals surface area contributed by atoms with E-state index in [2.05, 4.69) is 23.8 Å². The number of carbonyl (C=O) groups is 1. The zero-order valence-corrected chi connectivity index (χ0v) is 10.9. The number of piperazine rings is 1. The molecule has 0 amide bonds. The summed E-state index contributed by atoms with van der Waals surface area (Å²) < 4.78 is 0. The molecule has 94 valence electrons. The van der Waals surface area contributed by atoms with Crippen molar-refractivity contribution in [3.8, 4) is 0 Å². The van der Waals surface area contributed by atoms with Crippen LogP contribution in [0.2, 0.25) is 0 Å². The SMILES string of the molecule is CCC(C)(CN1CCN(C)C(C)C1)C(=O)O. The minimum Gasteiger partial charge on any atom is -0.481 e. The smallest absolute Gasteiger partial charge is 0.310 e. The van der Waals surface area contributed by atoms with Crippen LogP contribution in [0.1, 0.15) is 27.2 Å². The van der Waals surface area contributed by atoms with Gasteiger partial charge in [-0.25, -0.2) is 0 Å². The highest BCUT2D eigenvalue weighted by Crippen LogP contribution is 2.24. The molecule has 0 aromatic heterocycles. The van der Waals surface area contributed by atoms with Crippen molar-refractivity contribution in [3.63, 3.8) is 0 Å². The second-order valence-electron chi connectivity index (χ2n) is 5.28. The summed E-state index contributed by atoms with van der Waals surface area (Å²) in [6.07, 6.45) is 0.684. The van der Waals surface area contributed by atoms with Crippen LogP contribution in [-0.4, -0.2) is 60.1 Å². The number of rotatable bonds is 4. The molecule has 16 heavy (non-hydrogen) atoms. The molecule has 1 fully saturated rings. The van der Waals surface area contributed by atoms with E-state index < -0.39 is 11.4 Å². The molecule has 1 heterocycles. The quantitative estimate of drug-likeness (QED) is 0.783. The predicted octanol–water partition coefficient (Wildman–Crippen LogP) is 1.12. The van der Waals surface area contributed by atoms with Crippen LogP contribution in [0.15, 0.2) is 0 Å².